The lowest BCUT2D eigenvalue weighted by Crippen LogP contribution is -2.34. The molecule has 0 spiro atoms. The highest BCUT2D eigenvalue weighted by molar-refractivity contribution is 5.80. The Bertz CT molecular complexity index is 888. The van der Waals surface area contributed by atoms with E-state index in [0.717, 1.165) is 37.8 Å². The Balaban J connectivity index is 1.88. The number of nitrogens with one attached hydrogen (secondary N) is 1. The Labute approximate surface area is 145 Å². The summed E-state index contributed by atoms with van der Waals surface area (Å²) in [5.74, 6) is -0.273. The number of aliphatic imine (C=N–C) groups is 1. The number of nitrogens with zero attached hydrogens (tertiary/aromatic N) is 2. The van der Waals surface area contributed by atoms with E-state index in [4.69, 9.17) is 0 Å². The topological polar surface area (TPSA) is 87.5 Å². The van der Waals surface area contributed by atoms with Crippen molar-refractivity contribution >= 4 is 18.0 Å². The maximum Gasteiger partial charge on any atom is 0.331 e. The number of aromatic hydroxyl groups is 1. The highest BCUT2D eigenvalue weighted by atomic mass is 16.3. The highest BCUT2D eigenvalue weighted by Crippen LogP contribution is 2.30. The molecule has 25 heavy (non-hydrogen) atoms. The molecule has 6 heteroatoms. The van der Waals surface area contributed by atoms with E-state index in [0.29, 0.717) is 0 Å². The lowest BCUT2D eigenvalue weighted by molar-refractivity contribution is 0.298. The molecule has 0 unspecified atom stereocenters. The van der Waals surface area contributed by atoms with Crippen LogP contribution in [0.25, 0.3) is 6.08 Å². The van der Waals surface area contributed by atoms with Crippen molar-refractivity contribution in [3.05, 3.63) is 62.8 Å². The van der Waals surface area contributed by atoms with Crippen LogP contribution in [0.1, 0.15) is 43.7 Å². The largest absolute Gasteiger partial charge is 0.494 e. The van der Waals surface area contributed by atoms with Crippen LogP contribution in [0.2, 0.25) is 0 Å². The number of aromatic amines is 1. The number of aromatic nitrogens is 2. The molecule has 6 nitrogen and oxygen atoms in total. The lowest BCUT2D eigenvalue weighted by Gasteiger charge is -2.24. The Morgan fingerprint density at radius 3 is 2.56 bits per heavy atom. The molecule has 0 aliphatic heterocycles. The van der Waals surface area contributed by atoms with Crippen LogP contribution in [0.3, 0.4) is 0 Å². The molecular weight excluding hydrogens is 318 g/mol. The molecule has 1 fully saturated rings. The molecule has 1 aliphatic rings. The molecule has 1 aromatic heterocycles. The molecule has 2 N–H and O–H groups in total. The van der Waals surface area contributed by atoms with Crippen molar-refractivity contribution in [1.82, 2.24) is 9.55 Å². The molecule has 0 bridgehead atoms. The molecule has 0 radical (unpaired) electrons. The highest BCUT2D eigenvalue weighted by Gasteiger charge is 2.21. The number of allylic oxidation sites excluding steroid dienone is 1. The summed E-state index contributed by atoms with van der Waals surface area (Å²) in [6.45, 7) is 0. The third kappa shape index (κ3) is 3.96. The Kier molecular flexibility index (Phi) is 5.28. The molecule has 2 aromatic rings. The molecular formula is C19H21N3O3. The van der Waals surface area contributed by atoms with Gasteiger partial charge in [-0.3, -0.25) is 19.3 Å². The second kappa shape index (κ2) is 7.79. The van der Waals surface area contributed by atoms with Gasteiger partial charge in [-0.1, -0.05) is 37.5 Å². The Morgan fingerprint density at radius 2 is 1.84 bits per heavy atom. The van der Waals surface area contributed by atoms with Crippen molar-refractivity contribution in [2.24, 2.45) is 4.99 Å². The van der Waals surface area contributed by atoms with Crippen LogP contribution < -0.4 is 11.2 Å². The van der Waals surface area contributed by atoms with Gasteiger partial charge in [0, 0.05) is 12.3 Å². The van der Waals surface area contributed by atoms with E-state index in [1.54, 1.807) is 12.3 Å². The lowest BCUT2D eigenvalue weighted by atomic mass is 9.95. The van der Waals surface area contributed by atoms with E-state index < -0.39 is 11.2 Å². The molecule has 1 aromatic carbocycles. The number of H-pyrrole nitrogens is 1. The first-order chi connectivity index (χ1) is 12.2. The van der Waals surface area contributed by atoms with Crippen LogP contribution in [-0.4, -0.2) is 20.9 Å². The standard InChI is InChI=1S/C19H21N3O3/c23-17-16(12-7-13-20-14-8-3-1-4-9-14)18(24)22(19(25)21-17)15-10-5-2-6-11-15/h1,3-4,7-9,12-13,15,24H,2,5-6,10-11H2,(H,21,23,25)/b12-7-,20-13?. The number of hydrogen-bond donors (Lipinski definition) is 2. The summed E-state index contributed by atoms with van der Waals surface area (Å²) < 4.78 is 1.31. The van der Waals surface area contributed by atoms with Gasteiger partial charge in [0.15, 0.2) is 0 Å². The zero-order valence-electron chi connectivity index (χ0n) is 13.9. The fourth-order valence-corrected chi connectivity index (χ4v) is 3.16. The van der Waals surface area contributed by atoms with Gasteiger partial charge in [0.25, 0.3) is 5.56 Å². The first-order valence-electron chi connectivity index (χ1n) is 8.50. The first kappa shape index (κ1) is 17.0. The summed E-state index contributed by atoms with van der Waals surface area (Å²) in [6.07, 6.45) is 9.43. The van der Waals surface area contributed by atoms with Crippen molar-refractivity contribution in [2.45, 2.75) is 38.1 Å². The third-order valence-electron chi connectivity index (χ3n) is 4.42. The van der Waals surface area contributed by atoms with E-state index in [1.807, 2.05) is 30.3 Å². The predicted octanol–water partition coefficient (Wildman–Crippen LogP) is 3.16. The molecule has 0 atom stereocenters. The molecule has 1 aliphatic carbocycles. The van der Waals surface area contributed by atoms with E-state index in [1.165, 1.54) is 10.6 Å². The minimum absolute atomic E-state index is 0.0664. The van der Waals surface area contributed by atoms with Crippen molar-refractivity contribution < 1.29 is 5.11 Å². The zero-order valence-corrected chi connectivity index (χ0v) is 13.9. The monoisotopic (exact) mass is 339 g/mol. The number of rotatable bonds is 4. The van der Waals surface area contributed by atoms with Gasteiger partial charge in [-0.25, -0.2) is 4.79 Å². The number of benzene rings is 1. The van der Waals surface area contributed by atoms with Gasteiger partial charge in [0.2, 0.25) is 5.88 Å². The van der Waals surface area contributed by atoms with E-state index in [9.17, 15) is 14.7 Å². The minimum atomic E-state index is -0.598. The summed E-state index contributed by atoms with van der Waals surface area (Å²) in [4.78, 5) is 30.7. The Morgan fingerprint density at radius 1 is 1.12 bits per heavy atom. The maximum atomic E-state index is 12.1. The average molecular weight is 339 g/mol. The average Bonchev–Trinajstić information content (AvgIpc) is 2.62. The molecule has 130 valence electrons. The van der Waals surface area contributed by atoms with Crippen LogP contribution in [0.5, 0.6) is 5.88 Å². The number of para-hydroxylation sites is 1. The summed E-state index contributed by atoms with van der Waals surface area (Å²) in [5, 5.41) is 10.5. The molecule has 0 saturated heterocycles. The van der Waals surface area contributed by atoms with E-state index in [2.05, 4.69) is 9.98 Å². The van der Waals surface area contributed by atoms with Gasteiger partial charge >= 0.3 is 5.69 Å². The van der Waals surface area contributed by atoms with E-state index in [-0.39, 0.29) is 17.5 Å². The smallest absolute Gasteiger partial charge is 0.331 e. The quantitative estimate of drug-likeness (QED) is 0.839. The van der Waals surface area contributed by atoms with Crippen molar-refractivity contribution in [2.75, 3.05) is 0 Å². The second-order valence-corrected chi connectivity index (χ2v) is 6.13. The van der Waals surface area contributed by atoms with Crippen LogP contribution >= 0.6 is 0 Å². The van der Waals surface area contributed by atoms with Crippen molar-refractivity contribution in [3.8, 4) is 5.88 Å². The maximum absolute atomic E-state index is 12.1. The third-order valence-corrected chi connectivity index (χ3v) is 4.42. The molecule has 1 heterocycles. The van der Waals surface area contributed by atoms with Crippen LogP contribution in [0.15, 0.2) is 51.0 Å². The summed E-state index contributed by atoms with van der Waals surface area (Å²) in [5.41, 5.74) is -0.287. The van der Waals surface area contributed by atoms with Gasteiger partial charge < -0.3 is 5.11 Å². The van der Waals surface area contributed by atoms with Crippen molar-refractivity contribution in [3.63, 3.8) is 0 Å². The van der Waals surface area contributed by atoms with Crippen LogP contribution in [0, 0.1) is 0 Å². The minimum Gasteiger partial charge on any atom is -0.494 e. The summed E-state index contributed by atoms with van der Waals surface area (Å²) in [7, 11) is 0. The van der Waals surface area contributed by atoms with Gasteiger partial charge in [0.05, 0.1) is 5.69 Å². The summed E-state index contributed by atoms with van der Waals surface area (Å²) >= 11 is 0. The van der Waals surface area contributed by atoms with Crippen LogP contribution in [-0.2, 0) is 0 Å². The zero-order chi connectivity index (χ0) is 17.6. The van der Waals surface area contributed by atoms with Crippen LogP contribution in [0.4, 0.5) is 5.69 Å². The van der Waals surface area contributed by atoms with Gasteiger partial charge in [-0.2, -0.15) is 0 Å². The summed E-state index contributed by atoms with van der Waals surface area (Å²) in [6, 6.07) is 9.32. The fraction of sp³-hybridized carbons (Fsp3) is 0.316. The normalized spacial score (nSPS) is 16.0. The van der Waals surface area contributed by atoms with E-state index >= 15 is 0 Å². The predicted molar refractivity (Wildman–Crippen MR) is 98.7 cm³/mol. The van der Waals surface area contributed by atoms with Gasteiger partial charge in [-0.05, 0) is 37.1 Å². The Hall–Kier alpha value is -2.89. The first-order valence-corrected chi connectivity index (χ1v) is 8.50. The number of hydrogen-bond acceptors (Lipinski definition) is 4. The van der Waals surface area contributed by atoms with Gasteiger partial charge in [0.1, 0.15) is 5.56 Å². The SMILES string of the molecule is O=c1[nH]c(=O)n(C2CCCCC2)c(O)c1/C=C\C=Nc1ccccc1. The van der Waals surface area contributed by atoms with Gasteiger partial charge in [-0.15, -0.1) is 0 Å². The second-order valence-electron chi connectivity index (χ2n) is 6.13. The molecule has 0 amide bonds. The fourth-order valence-electron chi connectivity index (χ4n) is 3.16. The molecule has 3 rings (SSSR count). The van der Waals surface area contributed by atoms with Crippen molar-refractivity contribution in [1.29, 1.82) is 0 Å². The molecule has 1 saturated carbocycles.